The number of aromatic nitrogens is 2. The molecule has 1 aromatic rings. The zero-order valence-electron chi connectivity index (χ0n) is 9.12. The molecule has 4 nitrogen and oxygen atoms in total. The normalized spacial score (nSPS) is 13.1. The summed E-state index contributed by atoms with van der Waals surface area (Å²) in [5.41, 5.74) is 2.37. The van der Waals surface area contributed by atoms with Crippen LogP contribution in [0.5, 0.6) is 0 Å². The monoisotopic (exact) mass is 197 g/mol. The molecular weight excluding hydrogens is 178 g/mol. The number of nitrogens with zero attached hydrogens (tertiary/aromatic N) is 2. The lowest BCUT2D eigenvalue weighted by atomic mass is 10.2. The van der Waals surface area contributed by atoms with E-state index < -0.39 is 0 Å². The van der Waals surface area contributed by atoms with Crippen LogP contribution in [0.3, 0.4) is 0 Å². The highest BCUT2D eigenvalue weighted by Crippen LogP contribution is 2.05. The van der Waals surface area contributed by atoms with Gasteiger partial charge in [-0.05, 0) is 13.3 Å². The van der Waals surface area contributed by atoms with Gasteiger partial charge in [0.15, 0.2) is 0 Å². The molecule has 0 bridgehead atoms. The Kier molecular flexibility index (Phi) is 4.10. The van der Waals surface area contributed by atoms with Crippen molar-refractivity contribution in [1.29, 1.82) is 0 Å². The van der Waals surface area contributed by atoms with Gasteiger partial charge in [-0.25, -0.2) is 0 Å². The van der Waals surface area contributed by atoms with Gasteiger partial charge in [0, 0.05) is 30.9 Å². The third-order valence-corrected chi connectivity index (χ3v) is 2.63. The predicted octanol–water partition coefficient (Wildman–Crippen LogP) is 0.589. The maximum atomic E-state index is 9.00. The molecule has 0 fully saturated rings. The largest absolute Gasteiger partial charge is 0.395 e. The number of aliphatic hydroxyl groups excluding tert-OH is 1. The first kappa shape index (κ1) is 11.2. The Bertz CT molecular complexity index is 279. The predicted molar refractivity (Wildman–Crippen MR) is 55.9 cm³/mol. The van der Waals surface area contributed by atoms with E-state index in [2.05, 4.69) is 17.3 Å². The fourth-order valence-corrected chi connectivity index (χ4v) is 1.31. The molecule has 0 aliphatic heterocycles. The quantitative estimate of drug-likeness (QED) is 0.726. The van der Waals surface area contributed by atoms with Crippen LogP contribution < -0.4 is 5.32 Å². The molecule has 0 unspecified atom stereocenters. The summed E-state index contributed by atoms with van der Waals surface area (Å²) in [5, 5.41) is 16.4. The van der Waals surface area contributed by atoms with E-state index in [1.54, 1.807) is 0 Å². The lowest BCUT2D eigenvalue weighted by Crippen LogP contribution is -2.31. The fraction of sp³-hybridized carbons (Fsp3) is 0.700. The van der Waals surface area contributed by atoms with E-state index in [0.29, 0.717) is 0 Å². The van der Waals surface area contributed by atoms with Crippen molar-refractivity contribution in [3.05, 3.63) is 17.5 Å². The van der Waals surface area contributed by atoms with Crippen molar-refractivity contribution in [2.24, 2.45) is 7.05 Å². The van der Waals surface area contributed by atoms with Crippen molar-refractivity contribution >= 4 is 0 Å². The molecule has 4 heteroatoms. The van der Waals surface area contributed by atoms with Gasteiger partial charge in [0.25, 0.3) is 0 Å². The van der Waals surface area contributed by atoms with E-state index in [9.17, 15) is 0 Å². The second-order valence-corrected chi connectivity index (χ2v) is 3.55. The van der Waals surface area contributed by atoms with Crippen LogP contribution in [0.15, 0.2) is 6.20 Å². The van der Waals surface area contributed by atoms with E-state index in [1.165, 1.54) is 11.3 Å². The molecule has 1 rings (SSSR count). The van der Waals surface area contributed by atoms with E-state index >= 15 is 0 Å². The lowest BCUT2D eigenvalue weighted by molar-refractivity contribution is 0.238. The third-order valence-electron chi connectivity index (χ3n) is 2.63. The molecule has 1 atom stereocenters. The Hall–Kier alpha value is -0.870. The molecule has 0 saturated carbocycles. The topological polar surface area (TPSA) is 50.1 Å². The van der Waals surface area contributed by atoms with Gasteiger partial charge in [-0.15, -0.1) is 0 Å². The van der Waals surface area contributed by atoms with Crippen LogP contribution in [-0.2, 0) is 13.6 Å². The highest BCUT2D eigenvalue weighted by molar-refractivity contribution is 5.15. The first-order valence-corrected chi connectivity index (χ1v) is 5.00. The van der Waals surface area contributed by atoms with E-state index in [4.69, 9.17) is 5.11 Å². The SMILES string of the molecule is CC[C@@H](CO)NCc1cnn(C)c1C. The molecule has 2 N–H and O–H groups in total. The van der Waals surface area contributed by atoms with Crippen molar-refractivity contribution in [2.75, 3.05) is 6.61 Å². The fourth-order valence-electron chi connectivity index (χ4n) is 1.31. The number of aryl methyl sites for hydroxylation is 1. The van der Waals surface area contributed by atoms with Gasteiger partial charge in [-0.2, -0.15) is 5.10 Å². The number of rotatable bonds is 5. The minimum Gasteiger partial charge on any atom is -0.395 e. The highest BCUT2D eigenvalue weighted by Gasteiger charge is 2.06. The number of hydrogen-bond acceptors (Lipinski definition) is 3. The molecule has 0 amide bonds. The summed E-state index contributed by atoms with van der Waals surface area (Å²) < 4.78 is 1.86. The van der Waals surface area contributed by atoms with Gasteiger partial charge in [-0.1, -0.05) is 6.92 Å². The van der Waals surface area contributed by atoms with Crippen LogP contribution in [0.4, 0.5) is 0 Å². The molecular formula is C10H19N3O. The Labute approximate surface area is 84.9 Å². The minimum absolute atomic E-state index is 0.189. The van der Waals surface area contributed by atoms with Gasteiger partial charge in [0.1, 0.15) is 0 Å². The van der Waals surface area contributed by atoms with Gasteiger partial charge >= 0.3 is 0 Å². The first-order valence-electron chi connectivity index (χ1n) is 5.00. The van der Waals surface area contributed by atoms with Crippen molar-refractivity contribution in [3.8, 4) is 0 Å². The number of nitrogens with one attached hydrogen (secondary N) is 1. The van der Waals surface area contributed by atoms with Crippen LogP contribution in [0, 0.1) is 6.92 Å². The Morgan fingerprint density at radius 2 is 2.36 bits per heavy atom. The molecule has 0 spiro atoms. The van der Waals surface area contributed by atoms with Gasteiger partial charge in [0.2, 0.25) is 0 Å². The second kappa shape index (κ2) is 5.12. The molecule has 1 aromatic heterocycles. The molecule has 1 heterocycles. The Balaban J connectivity index is 2.49. The number of hydrogen-bond donors (Lipinski definition) is 2. The zero-order valence-corrected chi connectivity index (χ0v) is 9.12. The standard InChI is InChI=1S/C10H19N3O/c1-4-10(7-14)11-5-9-6-12-13(3)8(9)2/h6,10-11,14H,4-5,7H2,1-3H3/t10-/m0/s1. The first-order chi connectivity index (χ1) is 6.69. The van der Waals surface area contributed by atoms with Crippen LogP contribution in [0.2, 0.25) is 0 Å². The van der Waals surface area contributed by atoms with Crippen LogP contribution in [0.1, 0.15) is 24.6 Å². The average molecular weight is 197 g/mol. The molecule has 0 radical (unpaired) electrons. The molecule has 0 aliphatic rings. The van der Waals surface area contributed by atoms with Gasteiger partial charge in [-0.3, -0.25) is 4.68 Å². The van der Waals surface area contributed by atoms with Crippen LogP contribution >= 0.6 is 0 Å². The summed E-state index contributed by atoms with van der Waals surface area (Å²) in [6.45, 7) is 5.07. The zero-order chi connectivity index (χ0) is 10.6. The van der Waals surface area contributed by atoms with E-state index in [0.717, 1.165) is 13.0 Å². The van der Waals surface area contributed by atoms with Crippen LogP contribution in [-0.4, -0.2) is 27.5 Å². The summed E-state index contributed by atoms with van der Waals surface area (Å²) in [5.74, 6) is 0. The second-order valence-electron chi connectivity index (χ2n) is 3.55. The van der Waals surface area contributed by atoms with Crippen molar-refractivity contribution in [2.45, 2.75) is 32.9 Å². The van der Waals surface area contributed by atoms with Crippen molar-refractivity contribution in [3.63, 3.8) is 0 Å². The third kappa shape index (κ3) is 2.56. The van der Waals surface area contributed by atoms with Crippen molar-refractivity contribution < 1.29 is 5.11 Å². The lowest BCUT2D eigenvalue weighted by Gasteiger charge is -2.13. The van der Waals surface area contributed by atoms with E-state index in [1.807, 2.05) is 24.9 Å². The van der Waals surface area contributed by atoms with Crippen LogP contribution in [0.25, 0.3) is 0 Å². The highest BCUT2D eigenvalue weighted by atomic mass is 16.3. The maximum absolute atomic E-state index is 9.00. The van der Waals surface area contributed by atoms with Crippen molar-refractivity contribution in [1.82, 2.24) is 15.1 Å². The minimum atomic E-state index is 0.189. The smallest absolute Gasteiger partial charge is 0.0584 e. The molecule has 80 valence electrons. The summed E-state index contributed by atoms with van der Waals surface area (Å²) in [6, 6.07) is 0.189. The van der Waals surface area contributed by atoms with Gasteiger partial charge < -0.3 is 10.4 Å². The summed E-state index contributed by atoms with van der Waals surface area (Å²) in [7, 11) is 1.93. The average Bonchev–Trinajstić information content (AvgIpc) is 2.51. The van der Waals surface area contributed by atoms with E-state index in [-0.39, 0.29) is 12.6 Å². The molecule has 0 saturated heterocycles. The summed E-state index contributed by atoms with van der Waals surface area (Å²) >= 11 is 0. The Morgan fingerprint density at radius 3 is 2.79 bits per heavy atom. The Morgan fingerprint density at radius 1 is 1.64 bits per heavy atom. The maximum Gasteiger partial charge on any atom is 0.0584 e. The molecule has 14 heavy (non-hydrogen) atoms. The number of aliphatic hydroxyl groups is 1. The summed E-state index contributed by atoms with van der Waals surface area (Å²) in [4.78, 5) is 0. The summed E-state index contributed by atoms with van der Waals surface area (Å²) in [6.07, 6.45) is 2.81. The molecule has 0 aliphatic carbocycles. The molecule has 0 aromatic carbocycles. The van der Waals surface area contributed by atoms with Gasteiger partial charge in [0.05, 0.1) is 12.8 Å².